The van der Waals surface area contributed by atoms with Crippen LogP contribution in [-0.4, -0.2) is 50.5 Å². The van der Waals surface area contributed by atoms with Crippen molar-refractivity contribution in [2.45, 2.75) is 65.0 Å². The Morgan fingerprint density at radius 2 is 1.93 bits per heavy atom. The summed E-state index contributed by atoms with van der Waals surface area (Å²) in [4.78, 5) is 43.3. The summed E-state index contributed by atoms with van der Waals surface area (Å²) in [5.41, 5.74) is 4.18. The quantitative estimate of drug-likeness (QED) is 0.402. The Bertz CT molecular complexity index is 1560. The third-order valence-electron chi connectivity index (χ3n) is 8.61. The van der Waals surface area contributed by atoms with E-state index in [9.17, 15) is 18.8 Å². The topological polar surface area (TPSA) is 109 Å². The second-order valence-corrected chi connectivity index (χ2v) is 12.9. The minimum Gasteiger partial charge on any atom is -0.310 e. The fraction of sp³-hybridized carbons (Fsp3) is 0.452. The molecule has 0 aliphatic carbocycles. The monoisotopic (exact) mass is 592 g/mol. The maximum absolute atomic E-state index is 14.9. The number of pyridine rings is 1. The molecule has 3 amide bonds. The number of likely N-dealkylation sites (tertiary alicyclic amines) is 1. The van der Waals surface area contributed by atoms with Crippen LogP contribution in [0.25, 0.3) is 11.1 Å². The number of imide groups is 1. The normalized spacial score (nSPS) is 20.8. The molecule has 0 radical (unpaired) electrons. The Morgan fingerprint density at radius 3 is 2.67 bits per heavy atom. The minimum absolute atomic E-state index is 0.0728. The van der Waals surface area contributed by atoms with Gasteiger partial charge in [-0.15, -0.1) is 0 Å². The number of aromatic nitrogens is 3. The molecule has 9 nitrogen and oxygen atoms in total. The van der Waals surface area contributed by atoms with Gasteiger partial charge in [-0.1, -0.05) is 37.6 Å². The summed E-state index contributed by atoms with van der Waals surface area (Å²) in [5.74, 6) is -1.61. The molecule has 2 aromatic heterocycles. The summed E-state index contributed by atoms with van der Waals surface area (Å²) in [6, 6.07) is 6.78. The highest BCUT2D eigenvalue weighted by molar-refractivity contribution is 6.33. The Balaban J connectivity index is 1.04. The van der Waals surface area contributed by atoms with E-state index in [1.165, 1.54) is 6.07 Å². The fourth-order valence-corrected chi connectivity index (χ4v) is 6.57. The van der Waals surface area contributed by atoms with Crippen molar-refractivity contribution in [2.75, 3.05) is 18.4 Å². The molecule has 0 saturated carbocycles. The molecule has 5 heterocycles. The highest BCUT2D eigenvalue weighted by Crippen LogP contribution is 2.39. The molecular formula is C31H34ClFN6O3. The second-order valence-electron chi connectivity index (χ2n) is 12.5. The van der Waals surface area contributed by atoms with Gasteiger partial charge in [0.15, 0.2) is 0 Å². The van der Waals surface area contributed by atoms with Crippen LogP contribution in [0.15, 0.2) is 36.7 Å². The zero-order chi connectivity index (χ0) is 29.6. The summed E-state index contributed by atoms with van der Waals surface area (Å²) in [6.45, 7) is 7.24. The van der Waals surface area contributed by atoms with E-state index in [1.54, 1.807) is 12.3 Å². The van der Waals surface area contributed by atoms with Gasteiger partial charge in [-0.25, -0.2) is 9.37 Å². The second kappa shape index (κ2) is 11.2. The minimum atomic E-state index is -0.648. The lowest BCUT2D eigenvalue weighted by molar-refractivity contribution is -0.134. The van der Waals surface area contributed by atoms with Gasteiger partial charge in [0.25, 0.3) is 0 Å². The molecular weight excluding hydrogens is 559 g/mol. The van der Waals surface area contributed by atoms with Crippen molar-refractivity contribution in [1.29, 1.82) is 0 Å². The first-order chi connectivity index (χ1) is 20.1. The molecule has 2 saturated heterocycles. The number of carbonyl (C=O) groups is 3. The predicted molar refractivity (Wildman–Crippen MR) is 156 cm³/mol. The highest BCUT2D eigenvalue weighted by Gasteiger charge is 2.33. The van der Waals surface area contributed by atoms with Crippen LogP contribution >= 0.6 is 11.6 Å². The third-order valence-corrected chi connectivity index (χ3v) is 8.91. The molecule has 1 unspecified atom stereocenters. The Morgan fingerprint density at radius 1 is 1.14 bits per heavy atom. The number of halogens is 2. The first-order valence-corrected chi connectivity index (χ1v) is 14.8. The predicted octanol–water partition coefficient (Wildman–Crippen LogP) is 4.69. The van der Waals surface area contributed by atoms with Gasteiger partial charge in [0.05, 0.1) is 17.1 Å². The molecule has 220 valence electrons. The molecule has 0 bridgehead atoms. The number of nitrogens with one attached hydrogen (secondary N) is 2. The molecule has 2 N–H and O–H groups in total. The standard InChI is InChI=1S/C31H34ClFN6O3/c1-31(2)13-26-23(14-35-39(26)17-31)22-12-27(34-15-24(22)32)36-29(41)19-7-9-38(10-8-19)16-18-3-4-20(25(33)11-18)21-5-6-28(40)37-30(21)42/h3-4,11-12,14-15,19,21H,5-10,13,16-17H2,1-2H3,(H,34,36,41)(H,37,40,42). The lowest BCUT2D eigenvalue weighted by Crippen LogP contribution is -2.39. The molecule has 1 aromatic carbocycles. The van der Waals surface area contributed by atoms with Gasteiger partial charge in [-0.05, 0) is 61.9 Å². The fourth-order valence-electron chi connectivity index (χ4n) is 6.37. The molecule has 3 aromatic rings. The SMILES string of the molecule is CC1(C)Cc2c(-c3cc(NC(=O)C4CCN(Cc5ccc(C6CCC(=O)NC6=O)c(F)c5)CC4)ncc3Cl)cnn2C1. The number of hydrogen-bond donors (Lipinski definition) is 2. The smallest absolute Gasteiger partial charge is 0.234 e. The summed E-state index contributed by atoms with van der Waals surface area (Å²) in [6.07, 6.45) is 6.18. The largest absolute Gasteiger partial charge is 0.310 e. The van der Waals surface area contributed by atoms with Crippen LogP contribution in [0.1, 0.15) is 62.3 Å². The van der Waals surface area contributed by atoms with Crippen LogP contribution in [0.4, 0.5) is 10.2 Å². The van der Waals surface area contributed by atoms with Crippen molar-refractivity contribution in [1.82, 2.24) is 25.0 Å². The van der Waals surface area contributed by atoms with E-state index in [2.05, 4.69) is 39.5 Å². The van der Waals surface area contributed by atoms with Gasteiger partial charge in [-0.2, -0.15) is 5.10 Å². The number of anilines is 1. The highest BCUT2D eigenvalue weighted by atomic mass is 35.5. The average molecular weight is 593 g/mol. The van der Waals surface area contributed by atoms with E-state index < -0.39 is 17.6 Å². The molecule has 0 spiro atoms. The number of benzene rings is 1. The Kier molecular flexibility index (Phi) is 7.61. The Hall–Kier alpha value is -3.63. The van der Waals surface area contributed by atoms with E-state index in [0.29, 0.717) is 55.3 Å². The molecule has 3 aliphatic rings. The van der Waals surface area contributed by atoms with Crippen LogP contribution in [0.5, 0.6) is 0 Å². The summed E-state index contributed by atoms with van der Waals surface area (Å²) in [5, 5.41) is 10.3. The van der Waals surface area contributed by atoms with Crippen molar-refractivity contribution in [3.05, 3.63) is 64.3 Å². The number of piperidine rings is 2. The summed E-state index contributed by atoms with van der Waals surface area (Å²) >= 11 is 6.53. The number of carbonyl (C=O) groups excluding carboxylic acids is 3. The maximum atomic E-state index is 14.9. The molecule has 2 fully saturated rings. The third kappa shape index (κ3) is 5.83. The van der Waals surface area contributed by atoms with Crippen molar-refractivity contribution in [3.63, 3.8) is 0 Å². The van der Waals surface area contributed by atoms with E-state index in [4.69, 9.17) is 11.6 Å². The van der Waals surface area contributed by atoms with Gasteiger partial charge >= 0.3 is 0 Å². The van der Waals surface area contributed by atoms with E-state index in [-0.39, 0.29) is 29.6 Å². The van der Waals surface area contributed by atoms with Crippen molar-refractivity contribution in [2.24, 2.45) is 11.3 Å². The Labute approximate surface area is 248 Å². The van der Waals surface area contributed by atoms with Crippen molar-refractivity contribution in [3.8, 4) is 11.1 Å². The molecule has 42 heavy (non-hydrogen) atoms. The lowest BCUT2D eigenvalue weighted by atomic mass is 9.89. The van der Waals surface area contributed by atoms with Gasteiger partial charge in [0, 0.05) is 54.0 Å². The first kappa shape index (κ1) is 28.5. The molecule has 11 heteroatoms. The zero-order valence-corrected chi connectivity index (χ0v) is 24.5. The van der Waals surface area contributed by atoms with Crippen LogP contribution in [0.2, 0.25) is 5.02 Å². The van der Waals surface area contributed by atoms with Crippen LogP contribution in [0, 0.1) is 17.2 Å². The van der Waals surface area contributed by atoms with Crippen LogP contribution < -0.4 is 10.6 Å². The molecule has 1 atom stereocenters. The zero-order valence-electron chi connectivity index (χ0n) is 23.8. The summed E-state index contributed by atoms with van der Waals surface area (Å²) < 4.78 is 16.9. The average Bonchev–Trinajstić information content (AvgIpc) is 3.45. The molecule has 3 aliphatic heterocycles. The number of hydrogen-bond acceptors (Lipinski definition) is 6. The summed E-state index contributed by atoms with van der Waals surface area (Å²) in [7, 11) is 0. The van der Waals surface area contributed by atoms with E-state index in [0.717, 1.165) is 35.3 Å². The van der Waals surface area contributed by atoms with Crippen molar-refractivity contribution < 1.29 is 18.8 Å². The molecule has 6 rings (SSSR count). The van der Waals surface area contributed by atoms with Crippen LogP contribution in [0.3, 0.4) is 0 Å². The lowest BCUT2D eigenvalue weighted by Gasteiger charge is -2.31. The number of rotatable bonds is 6. The van der Waals surface area contributed by atoms with Gasteiger partial charge in [0.2, 0.25) is 17.7 Å². The van der Waals surface area contributed by atoms with Gasteiger partial charge in [0.1, 0.15) is 11.6 Å². The number of amides is 3. The van der Waals surface area contributed by atoms with Gasteiger partial charge < -0.3 is 5.32 Å². The first-order valence-electron chi connectivity index (χ1n) is 14.4. The number of fused-ring (bicyclic) bond motifs is 1. The van der Waals surface area contributed by atoms with E-state index in [1.807, 2.05) is 23.0 Å². The van der Waals surface area contributed by atoms with E-state index >= 15 is 0 Å². The van der Waals surface area contributed by atoms with Crippen molar-refractivity contribution >= 4 is 35.1 Å². The van der Waals surface area contributed by atoms with Crippen LogP contribution in [-0.2, 0) is 33.9 Å². The number of nitrogens with zero attached hydrogens (tertiary/aromatic N) is 4. The van der Waals surface area contributed by atoms with Gasteiger partial charge in [-0.3, -0.25) is 29.3 Å². The maximum Gasteiger partial charge on any atom is 0.234 e.